The summed E-state index contributed by atoms with van der Waals surface area (Å²) >= 11 is 6.04. The van der Waals surface area contributed by atoms with Crippen molar-refractivity contribution >= 4 is 23.2 Å². The normalized spacial score (nSPS) is 22.4. The summed E-state index contributed by atoms with van der Waals surface area (Å²) in [6.45, 7) is 4.94. The summed E-state index contributed by atoms with van der Waals surface area (Å²) in [4.78, 5) is 13.4. The molecule has 1 aromatic carbocycles. The molecule has 1 aliphatic rings. The van der Waals surface area contributed by atoms with E-state index in [1.807, 2.05) is 0 Å². The molecular weight excluding hydrogens is 276 g/mol. The standard InChI is InChI=1S/C15H21ClN2O2/c1-11-4-3-7-18(9-11)10-15(19)17-12-5-6-14(20-2)13(16)8-12/h5-6,8,11H,3-4,7,9-10H2,1-2H3,(H,17,19)/p+1/t11-/m1/s1. The van der Waals surface area contributed by atoms with Gasteiger partial charge in [-0.15, -0.1) is 0 Å². The molecule has 4 nitrogen and oxygen atoms in total. The highest BCUT2D eigenvalue weighted by Gasteiger charge is 2.22. The monoisotopic (exact) mass is 297 g/mol. The van der Waals surface area contributed by atoms with E-state index >= 15 is 0 Å². The van der Waals surface area contributed by atoms with Gasteiger partial charge in [-0.25, -0.2) is 0 Å². The molecule has 2 rings (SSSR count). The molecule has 1 aliphatic heterocycles. The van der Waals surface area contributed by atoms with E-state index in [1.165, 1.54) is 17.7 Å². The van der Waals surface area contributed by atoms with E-state index in [-0.39, 0.29) is 5.91 Å². The van der Waals surface area contributed by atoms with E-state index in [1.54, 1.807) is 25.3 Å². The lowest BCUT2D eigenvalue weighted by Crippen LogP contribution is -3.14. The van der Waals surface area contributed by atoms with Gasteiger partial charge >= 0.3 is 0 Å². The number of carbonyl (C=O) groups is 1. The predicted molar refractivity (Wildman–Crippen MR) is 80.6 cm³/mol. The fourth-order valence-corrected chi connectivity index (χ4v) is 2.99. The highest BCUT2D eigenvalue weighted by molar-refractivity contribution is 6.32. The zero-order chi connectivity index (χ0) is 14.5. The van der Waals surface area contributed by atoms with Crippen molar-refractivity contribution in [2.24, 2.45) is 5.92 Å². The molecule has 0 bridgehead atoms. The molecular formula is C15H22ClN2O2+. The Morgan fingerprint density at radius 2 is 2.35 bits per heavy atom. The number of hydrogen-bond acceptors (Lipinski definition) is 2. The van der Waals surface area contributed by atoms with Crippen LogP contribution in [0.2, 0.25) is 5.02 Å². The number of benzene rings is 1. The van der Waals surface area contributed by atoms with E-state index in [0.29, 0.717) is 28.9 Å². The van der Waals surface area contributed by atoms with Gasteiger partial charge in [-0.1, -0.05) is 18.5 Å². The molecule has 0 saturated carbocycles. The van der Waals surface area contributed by atoms with Crippen molar-refractivity contribution in [3.63, 3.8) is 0 Å². The minimum absolute atomic E-state index is 0.0373. The molecule has 0 spiro atoms. The van der Waals surface area contributed by atoms with Crippen molar-refractivity contribution in [3.05, 3.63) is 23.2 Å². The number of hydrogen-bond donors (Lipinski definition) is 2. The van der Waals surface area contributed by atoms with Crippen LogP contribution in [0.15, 0.2) is 18.2 Å². The van der Waals surface area contributed by atoms with Crippen LogP contribution in [0.25, 0.3) is 0 Å². The average molecular weight is 298 g/mol. The molecule has 0 aliphatic carbocycles. The third kappa shape index (κ3) is 4.12. The Hall–Kier alpha value is -1.26. The van der Waals surface area contributed by atoms with Crippen molar-refractivity contribution in [2.45, 2.75) is 19.8 Å². The fourth-order valence-electron chi connectivity index (χ4n) is 2.73. The van der Waals surface area contributed by atoms with Crippen LogP contribution in [0.1, 0.15) is 19.8 Å². The molecule has 1 heterocycles. The highest BCUT2D eigenvalue weighted by atomic mass is 35.5. The second-order valence-electron chi connectivity index (χ2n) is 5.53. The van der Waals surface area contributed by atoms with Crippen molar-refractivity contribution < 1.29 is 14.4 Å². The molecule has 1 amide bonds. The molecule has 110 valence electrons. The maximum atomic E-state index is 12.0. The molecule has 1 saturated heterocycles. The van der Waals surface area contributed by atoms with E-state index in [2.05, 4.69) is 12.2 Å². The smallest absolute Gasteiger partial charge is 0.279 e. The number of likely N-dealkylation sites (tertiary alicyclic amines) is 1. The lowest BCUT2D eigenvalue weighted by atomic mass is 10.0. The van der Waals surface area contributed by atoms with Gasteiger partial charge in [-0.05, 0) is 31.0 Å². The van der Waals surface area contributed by atoms with Gasteiger partial charge in [0.05, 0.1) is 25.2 Å². The van der Waals surface area contributed by atoms with E-state index in [0.717, 1.165) is 13.1 Å². The summed E-state index contributed by atoms with van der Waals surface area (Å²) in [5, 5.41) is 3.40. The first kappa shape index (κ1) is 15.1. The Labute approximate surface area is 125 Å². The predicted octanol–water partition coefficient (Wildman–Crippen LogP) is 1.60. The average Bonchev–Trinajstić information content (AvgIpc) is 2.38. The third-order valence-corrected chi connectivity index (χ3v) is 4.01. The summed E-state index contributed by atoms with van der Waals surface area (Å²) in [7, 11) is 1.57. The van der Waals surface area contributed by atoms with E-state index < -0.39 is 0 Å². The van der Waals surface area contributed by atoms with Crippen molar-refractivity contribution in [1.82, 2.24) is 0 Å². The first-order valence-electron chi connectivity index (χ1n) is 7.05. The first-order valence-corrected chi connectivity index (χ1v) is 7.43. The first-order chi connectivity index (χ1) is 9.58. The number of amides is 1. The van der Waals surface area contributed by atoms with Crippen LogP contribution in [0.3, 0.4) is 0 Å². The quantitative estimate of drug-likeness (QED) is 0.886. The van der Waals surface area contributed by atoms with Crippen LogP contribution in [-0.4, -0.2) is 32.7 Å². The van der Waals surface area contributed by atoms with Gasteiger partial charge < -0.3 is 15.0 Å². The zero-order valence-corrected chi connectivity index (χ0v) is 12.8. The molecule has 5 heteroatoms. The fraction of sp³-hybridized carbons (Fsp3) is 0.533. The number of nitrogens with one attached hydrogen (secondary N) is 2. The lowest BCUT2D eigenvalue weighted by Gasteiger charge is -2.27. The minimum Gasteiger partial charge on any atom is -0.495 e. The Balaban J connectivity index is 1.89. The molecule has 1 aromatic rings. The van der Waals surface area contributed by atoms with Gasteiger partial charge in [0.15, 0.2) is 6.54 Å². The zero-order valence-electron chi connectivity index (χ0n) is 12.0. The van der Waals surface area contributed by atoms with Gasteiger partial charge in [-0.3, -0.25) is 4.79 Å². The molecule has 20 heavy (non-hydrogen) atoms. The van der Waals surface area contributed by atoms with E-state index in [9.17, 15) is 4.79 Å². The minimum atomic E-state index is 0.0373. The summed E-state index contributed by atoms with van der Waals surface area (Å²) in [6.07, 6.45) is 2.48. The Morgan fingerprint density at radius 3 is 3.00 bits per heavy atom. The van der Waals surface area contributed by atoms with Crippen LogP contribution in [0.5, 0.6) is 5.75 Å². The summed E-state index contributed by atoms with van der Waals surface area (Å²) in [6, 6.07) is 5.27. The summed E-state index contributed by atoms with van der Waals surface area (Å²) in [5.74, 6) is 1.36. The van der Waals surface area contributed by atoms with Crippen molar-refractivity contribution in [3.8, 4) is 5.75 Å². The summed E-state index contributed by atoms with van der Waals surface area (Å²) in [5.41, 5.74) is 0.713. The number of piperidine rings is 1. The molecule has 0 aromatic heterocycles. The number of carbonyl (C=O) groups excluding carboxylic acids is 1. The number of halogens is 1. The maximum Gasteiger partial charge on any atom is 0.279 e. The molecule has 2 N–H and O–H groups in total. The van der Waals surface area contributed by atoms with Crippen LogP contribution in [0, 0.1) is 5.92 Å². The van der Waals surface area contributed by atoms with Gasteiger partial charge in [0.1, 0.15) is 5.75 Å². The number of methoxy groups -OCH3 is 1. The van der Waals surface area contributed by atoms with Gasteiger partial charge in [0, 0.05) is 11.6 Å². The molecule has 0 radical (unpaired) electrons. The molecule has 1 fully saturated rings. The SMILES string of the molecule is COc1ccc(NC(=O)C[NH+]2CCC[C@@H](C)C2)cc1Cl. The Kier molecular flexibility index (Phi) is 5.26. The number of rotatable bonds is 4. The highest BCUT2D eigenvalue weighted by Crippen LogP contribution is 2.27. The van der Waals surface area contributed by atoms with Gasteiger partial charge in [-0.2, -0.15) is 0 Å². The Bertz CT molecular complexity index is 479. The Morgan fingerprint density at radius 1 is 1.55 bits per heavy atom. The van der Waals surface area contributed by atoms with Gasteiger partial charge in [0.2, 0.25) is 0 Å². The van der Waals surface area contributed by atoms with Gasteiger partial charge in [0.25, 0.3) is 5.91 Å². The van der Waals surface area contributed by atoms with Crippen LogP contribution in [0.4, 0.5) is 5.69 Å². The second-order valence-corrected chi connectivity index (χ2v) is 5.93. The van der Waals surface area contributed by atoms with Crippen LogP contribution < -0.4 is 15.0 Å². The van der Waals surface area contributed by atoms with E-state index in [4.69, 9.17) is 16.3 Å². The molecule has 1 unspecified atom stereocenters. The largest absolute Gasteiger partial charge is 0.495 e. The summed E-state index contributed by atoms with van der Waals surface area (Å²) < 4.78 is 5.09. The second kappa shape index (κ2) is 6.95. The van der Waals surface area contributed by atoms with Crippen LogP contribution >= 0.6 is 11.6 Å². The molecule has 2 atom stereocenters. The topological polar surface area (TPSA) is 42.8 Å². The lowest BCUT2D eigenvalue weighted by molar-refractivity contribution is -0.900. The maximum absolute atomic E-state index is 12.0. The number of anilines is 1. The number of quaternary nitrogens is 1. The third-order valence-electron chi connectivity index (χ3n) is 3.71. The van der Waals surface area contributed by atoms with Crippen molar-refractivity contribution in [2.75, 3.05) is 32.1 Å². The number of ether oxygens (including phenoxy) is 1. The van der Waals surface area contributed by atoms with Crippen molar-refractivity contribution in [1.29, 1.82) is 0 Å². The van der Waals surface area contributed by atoms with Crippen LogP contribution in [-0.2, 0) is 4.79 Å².